The standard InChI is InChI=1S/C14H26N2O4/c1-4-20-13(19)14(2,3)12(18)11-16-7-5-15(6-8-16)9-10-17/h17H,4-11H2,1-3H3. The molecule has 6 heteroatoms. The number of esters is 1. The van der Waals surface area contributed by atoms with Gasteiger partial charge in [0.1, 0.15) is 5.41 Å². The van der Waals surface area contributed by atoms with Gasteiger partial charge in [0, 0.05) is 32.7 Å². The first-order valence-corrected chi connectivity index (χ1v) is 7.18. The fourth-order valence-corrected chi connectivity index (χ4v) is 2.14. The quantitative estimate of drug-likeness (QED) is 0.514. The minimum absolute atomic E-state index is 0.105. The third kappa shape index (κ3) is 4.54. The summed E-state index contributed by atoms with van der Waals surface area (Å²) < 4.78 is 4.95. The highest BCUT2D eigenvalue weighted by molar-refractivity contribution is 6.03. The molecule has 0 aromatic carbocycles. The fraction of sp³-hybridized carbons (Fsp3) is 0.857. The number of β-amino-alcohol motifs (C(OH)–C–C–N with tert-alkyl or cyclic N) is 1. The maximum absolute atomic E-state index is 12.3. The van der Waals surface area contributed by atoms with Crippen molar-refractivity contribution in [2.45, 2.75) is 20.8 Å². The van der Waals surface area contributed by atoms with Crippen molar-refractivity contribution in [1.29, 1.82) is 0 Å². The van der Waals surface area contributed by atoms with Crippen LogP contribution in [0, 0.1) is 5.41 Å². The van der Waals surface area contributed by atoms with E-state index in [-0.39, 0.29) is 25.5 Å². The second-order valence-electron chi connectivity index (χ2n) is 5.61. The number of aliphatic hydroxyl groups is 1. The molecule has 0 spiro atoms. The molecule has 0 aromatic heterocycles. The predicted octanol–water partition coefficient (Wildman–Crippen LogP) is -0.245. The van der Waals surface area contributed by atoms with E-state index in [1.165, 1.54) is 0 Å². The van der Waals surface area contributed by atoms with Gasteiger partial charge in [-0.3, -0.25) is 19.4 Å². The zero-order valence-corrected chi connectivity index (χ0v) is 12.7. The Morgan fingerprint density at radius 1 is 1.15 bits per heavy atom. The van der Waals surface area contributed by atoms with E-state index in [9.17, 15) is 9.59 Å². The lowest BCUT2D eigenvalue weighted by atomic mass is 9.87. The number of nitrogens with zero attached hydrogens (tertiary/aromatic N) is 2. The number of rotatable bonds is 7. The van der Waals surface area contributed by atoms with Crippen molar-refractivity contribution in [3.05, 3.63) is 0 Å². The molecule has 0 amide bonds. The van der Waals surface area contributed by atoms with Crippen molar-refractivity contribution in [3.8, 4) is 0 Å². The molecule has 0 aromatic rings. The Kier molecular flexibility index (Phi) is 6.58. The van der Waals surface area contributed by atoms with Crippen LogP contribution in [0.3, 0.4) is 0 Å². The fourth-order valence-electron chi connectivity index (χ4n) is 2.14. The average Bonchev–Trinajstić information content (AvgIpc) is 2.41. The van der Waals surface area contributed by atoms with Gasteiger partial charge in [-0.2, -0.15) is 0 Å². The summed E-state index contributed by atoms with van der Waals surface area (Å²) in [6, 6.07) is 0. The Bertz CT molecular complexity index is 336. The molecule has 0 aliphatic carbocycles. The summed E-state index contributed by atoms with van der Waals surface area (Å²) >= 11 is 0. The third-order valence-corrected chi connectivity index (χ3v) is 3.73. The Balaban J connectivity index is 2.45. The topological polar surface area (TPSA) is 70.1 Å². The number of hydrogen-bond acceptors (Lipinski definition) is 6. The van der Waals surface area contributed by atoms with E-state index in [1.54, 1.807) is 20.8 Å². The molecule has 0 bridgehead atoms. The van der Waals surface area contributed by atoms with Crippen LogP contribution in [-0.4, -0.2) is 79.1 Å². The highest BCUT2D eigenvalue weighted by Crippen LogP contribution is 2.20. The van der Waals surface area contributed by atoms with Crippen molar-refractivity contribution in [1.82, 2.24) is 9.80 Å². The van der Waals surface area contributed by atoms with Crippen LogP contribution >= 0.6 is 0 Å². The van der Waals surface area contributed by atoms with Gasteiger partial charge in [0.2, 0.25) is 0 Å². The Hall–Kier alpha value is -0.980. The number of piperazine rings is 1. The van der Waals surface area contributed by atoms with Crippen molar-refractivity contribution in [2.75, 3.05) is 52.5 Å². The minimum atomic E-state index is -1.09. The first-order valence-electron chi connectivity index (χ1n) is 7.18. The summed E-state index contributed by atoms with van der Waals surface area (Å²) in [5.74, 6) is -0.560. The molecular weight excluding hydrogens is 260 g/mol. The van der Waals surface area contributed by atoms with Gasteiger partial charge >= 0.3 is 5.97 Å². The van der Waals surface area contributed by atoms with Gasteiger partial charge in [-0.15, -0.1) is 0 Å². The average molecular weight is 286 g/mol. The van der Waals surface area contributed by atoms with Crippen LogP contribution in [0.25, 0.3) is 0 Å². The highest BCUT2D eigenvalue weighted by atomic mass is 16.5. The highest BCUT2D eigenvalue weighted by Gasteiger charge is 2.38. The van der Waals surface area contributed by atoms with Gasteiger partial charge in [0.05, 0.1) is 19.8 Å². The van der Waals surface area contributed by atoms with E-state index in [2.05, 4.69) is 9.80 Å². The molecule has 6 nitrogen and oxygen atoms in total. The number of aliphatic hydroxyl groups excluding tert-OH is 1. The Morgan fingerprint density at radius 3 is 2.20 bits per heavy atom. The number of Topliss-reactive ketones (excluding diaryl/α,β-unsaturated/α-hetero) is 1. The molecule has 0 atom stereocenters. The lowest BCUT2D eigenvalue weighted by molar-refractivity contribution is -0.158. The summed E-state index contributed by atoms with van der Waals surface area (Å²) in [5, 5.41) is 8.89. The third-order valence-electron chi connectivity index (χ3n) is 3.73. The summed E-state index contributed by atoms with van der Waals surface area (Å²) in [6.45, 7) is 9.62. The van der Waals surface area contributed by atoms with E-state index in [1.807, 2.05) is 0 Å². The van der Waals surface area contributed by atoms with Crippen LogP contribution in [0.2, 0.25) is 0 Å². The molecule has 0 saturated carbocycles. The summed E-state index contributed by atoms with van der Waals surface area (Å²) in [4.78, 5) is 28.3. The maximum atomic E-state index is 12.3. The SMILES string of the molecule is CCOC(=O)C(C)(C)C(=O)CN1CCN(CCO)CC1. The molecule has 1 aliphatic rings. The summed E-state index contributed by atoms with van der Waals surface area (Å²) in [5.41, 5.74) is -1.09. The molecule has 1 saturated heterocycles. The lowest BCUT2D eigenvalue weighted by Crippen LogP contribution is -2.50. The van der Waals surface area contributed by atoms with Crippen molar-refractivity contribution >= 4 is 11.8 Å². The van der Waals surface area contributed by atoms with E-state index in [0.29, 0.717) is 6.54 Å². The molecule has 20 heavy (non-hydrogen) atoms. The second kappa shape index (κ2) is 7.71. The van der Waals surface area contributed by atoms with E-state index >= 15 is 0 Å². The van der Waals surface area contributed by atoms with Gasteiger partial charge in [-0.05, 0) is 20.8 Å². The van der Waals surface area contributed by atoms with Gasteiger partial charge in [-0.1, -0.05) is 0 Å². The molecular formula is C14H26N2O4. The van der Waals surface area contributed by atoms with E-state index in [0.717, 1.165) is 26.2 Å². The van der Waals surface area contributed by atoms with Crippen LogP contribution in [0.4, 0.5) is 0 Å². The zero-order chi connectivity index (χ0) is 15.2. The van der Waals surface area contributed by atoms with Gasteiger partial charge in [-0.25, -0.2) is 0 Å². The smallest absolute Gasteiger partial charge is 0.319 e. The Labute approximate surface area is 120 Å². The number of ketones is 1. The van der Waals surface area contributed by atoms with Crippen molar-refractivity contribution in [3.63, 3.8) is 0 Å². The van der Waals surface area contributed by atoms with E-state index < -0.39 is 11.4 Å². The largest absolute Gasteiger partial charge is 0.465 e. The molecule has 1 fully saturated rings. The summed E-state index contributed by atoms with van der Waals surface area (Å²) in [6.07, 6.45) is 0. The summed E-state index contributed by atoms with van der Waals surface area (Å²) in [7, 11) is 0. The molecule has 1 aliphatic heterocycles. The van der Waals surface area contributed by atoms with Crippen LogP contribution in [-0.2, 0) is 14.3 Å². The van der Waals surface area contributed by atoms with Crippen LogP contribution in [0.15, 0.2) is 0 Å². The molecule has 0 unspecified atom stereocenters. The van der Waals surface area contributed by atoms with E-state index in [4.69, 9.17) is 9.84 Å². The minimum Gasteiger partial charge on any atom is -0.465 e. The molecule has 1 heterocycles. The predicted molar refractivity (Wildman–Crippen MR) is 75.4 cm³/mol. The number of carbonyl (C=O) groups is 2. The number of ether oxygens (including phenoxy) is 1. The number of carbonyl (C=O) groups excluding carboxylic acids is 2. The molecule has 116 valence electrons. The first-order chi connectivity index (χ1) is 9.41. The van der Waals surface area contributed by atoms with Gasteiger partial charge in [0.25, 0.3) is 0 Å². The normalized spacial score (nSPS) is 18.0. The molecule has 1 N–H and O–H groups in total. The van der Waals surface area contributed by atoms with Crippen molar-refractivity contribution in [2.24, 2.45) is 5.41 Å². The number of hydrogen-bond donors (Lipinski definition) is 1. The second-order valence-corrected chi connectivity index (χ2v) is 5.61. The van der Waals surface area contributed by atoms with Crippen LogP contribution in [0.1, 0.15) is 20.8 Å². The lowest BCUT2D eigenvalue weighted by Gasteiger charge is -2.35. The molecule has 0 radical (unpaired) electrons. The monoisotopic (exact) mass is 286 g/mol. The van der Waals surface area contributed by atoms with Gasteiger partial charge < -0.3 is 9.84 Å². The zero-order valence-electron chi connectivity index (χ0n) is 12.7. The first kappa shape index (κ1) is 17.1. The molecule has 1 rings (SSSR count). The van der Waals surface area contributed by atoms with Gasteiger partial charge in [0.15, 0.2) is 5.78 Å². The Morgan fingerprint density at radius 2 is 1.70 bits per heavy atom. The van der Waals surface area contributed by atoms with Crippen LogP contribution < -0.4 is 0 Å². The van der Waals surface area contributed by atoms with Crippen LogP contribution in [0.5, 0.6) is 0 Å². The maximum Gasteiger partial charge on any atom is 0.319 e. The van der Waals surface area contributed by atoms with Crippen molar-refractivity contribution < 1.29 is 19.4 Å².